The molecule has 2 rings (SSSR count). The molecule has 18 heavy (non-hydrogen) atoms. The summed E-state index contributed by atoms with van der Waals surface area (Å²) >= 11 is 0. The van der Waals surface area contributed by atoms with Gasteiger partial charge in [0.25, 0.3) is 0 Å². The molecule has 0 spiro atoms. The van der Waals surface area contributed by atoms with Gasteiger partial charge >= 0.3 is 0 Å². The van der Waals surface area contributed by atoms with E-state index in [9.17, 15) is 8.42 Å². The predicted molar refractivity (Wildman–Crippen MR) is 64.0 cm³/mol. The van der Waals surface area contributed by atoms with E-state index in [0.717, 1.165) is 0 Å². The highest BCUT2D eigenvalue weighted by molar-refractivity contribution is 7.89. The lowest BCUT2D eigenvalue weighted by molar-refractivity contribution is 0.277. The van der Waals surface area contributed by atoms with Crippen molar-refractivity contribution in [3.05, 3.63) is 36.2 Å². The van der Waals surface area contributed by atoms with Crippen molar-refractivity contribution in [1.82, 2.24) is 19.7 Å². The first-order valence-corrected chi connectivity index (χ1v) is 6.81. The van der Waals surface area contributed by atoms with Crippen molar-refractivity contribution in [2.75, 3.05) is 0 Å². The quantitative estimate of drug-likeness (QED) is 0.625. The van der Waals surface area contributed by atoms with Crippen LogP contribution >= 0.6 is 0 Å². The van der Waals surface area contributed by atoms with Crippen molar-refractivity contribution in [2.45, 2.75) is 24.5 Å². The number of aromatic amines is 2. The Bertz CT molecular complexity index is 603. The first-order valence-electron chi connectivity index (χ1n) is 5.32. The van der Waals surface area contributed by atoms with E-state index in [-0.39, 0.29) is 11.5 Å². The summed E-state index contributed by atoms with van der Waals surface area (Å²) in [5, 5.41) is 8.89. The molecule has 0 aliphatic carbocycles. The highest BCUT2D eigenvalue weighted by Crippen LogP contribution is 2.15. The molecular formula is C10H14N4O3S. The summed E-state index contributed by atoms with van der Waals surface area (Å²) in [5.74, 6) is 0.538. The minimum absolute atomic E-state index is 0.0879. The molecule has 0 aromatic carbocycles. The second kappa shape index (κ2) is 4.92. The molecule has 2 aromatic heterocycles. The molecule has 8 heteroatoms. The number of aromatic nitrogens is 3. The Hall–Kier alpha value is -1.64. The normalized spacial score (nSPS) is 13.7. The van der Waals surface area contributed by atoms with Gasteiger partial charge in [-0.2, -0.15) is 0 Å². The van der Waals surface area contributed by atoms with Crippen LogP contribution in [0.2, 0.25) is 0 Å². The number of aliphatic hydroxyl groups is 1. The molecule has 4 N–H and O–H groups in total. The summed E-state index contributed by atoms with van der Waals surface area (Å²) in [7, 11) is -3.63. The Balaban J connectivity index is 2.17. The number of aliphatic hydroxyl groups excluding tert-OH is 1. The first kappa shape index (κ1) is 12.8. The Kier molecular flexibility index (Phi) is 3.50. The number of hydrogen-bond donors (Lipinski definition) is 4. The number of H-pyrrole nitrogens is 2. The molecule has 0 aliphatic heterocycles. The molecular weight excluding hydrogens is 256 g/mol. The molecule has 2 aromatic rings. The standard InChI is InChI=1S/C10H14N4O3S/c1-7(10-11-2-3-12-10)14-18(16,17)9-4-8(6-15)13-5-9/h2-5,7,13-15H,6H2,1H3,(H,11,12). The lowest BCUT2D eigenvalue weighted by Crippen LogP contribution is -2.27. The van der Waals surface area contributed by atoms with Crippen LogP contribution in [0.4, 0.5) is 0 Å². The zero-order valence-electron chi connectivity index (χ0n) is 9.71. The van der Waals surface area contributed by atoms with Gasteiger partial charge in [-0.3, -0.25) is 0 Å². The number of rotatable bonds is 5. The molecule has 2 heterocycles. The van der Waals surface area contributed by atoms with Gasteiger partial charge in [0.15, 0.2) is 0 Å². The van der Waals surface area contributed by atoms with E-state index >= 15 is 0 Å². The molecule has 0 radical (unpaired) electrons. The summed E-state index contributed by atoms with van der Waals surface area (Å²) in [4.78, 5) is 9.59. The SMILES string of the molecule is CC(NS(=O)(=O)c1c[nH]c(CO)c1)c1ncc[nH]1. The molecule has 0 aliphatic rings. The lowest BCUT2D eigenvalue weighted by Gasteiger charge is -2.10. The van der Waals surface area contributed by atoms with Crippen LogP contribution < -0.4 is 4.72 Å². The Labute approximate surface area is 104 Å². The van der Waals surface area contributed by atoms with E-state index in [0.29, 0.717) is 11.5 Å². The highest BCUT2D eigenvalue weighted by Gasteiger charge is 2.20. The van der Waals surface area contributed by atoms with Crippen molar-refractivity contribution >= 4 is 10.0 Å². The third-order valence-corrected chi connectivity index (χ3v) is 3.98. The average molecular weight is 270 g/mol. The summed E-state index contributed by atoms with van der Waals surface area (Å²) < 4.78 is 26.5. The molecule has 1 atom stereocenters. The maximum atomic E-state index is 12.0. The van der Waals surface area contributed by atoms with Gasteiger partial charge in [-0.25, -0.2) is 18.1 Å². The zero-order valence-corrected chi connectivity index (χ0v) is 10.5. The monoisotopic (exact) mass is 270 g/mol. The van der Waals surface area contributed by atoms with Gasteiger partial charge in [0.05, 0.1) is 17.5 Å². The maximum absolute atomic E-state index is 12.0. The van der Waals surface area contributed by atoms with Crippen molar-refractivity contribution in [3.63, 3.8) is 0 Å². The topological polar surface area (TPSA) is 111 Å². The summed E-state index contributed by atoms with van der Waals surface area (Å²) in [6.45, 7) is 1.46. The van der Waals surface area contributed by atoms with Crippen LogP contribution in [0.5, 0.6) is 0 Å². The minimum atomic E-state index is -3.63. The van der Waals surface area contributed by atoms with Crippen LogP contribution in [0.1, 0.15) is 24.5 Å². The Morgan fingerprint density at radius 1 is 1.50 bits per heavy atom. The Morgan fingerprint density at radius 3 is 2.83 bits per heavy atom. The number of hydrogen-bond acceptors (Lipinski definition) is 4. The van der Waals surface area contributed by atoms with Crippen molar-refractivity contribution in [1.29, 1.82) is 0 Å². The zero-order chi connectivity index (χ0) is 13.2. The molecule has 1 unspecified atom stereocenters. The predicted octanol–water partition coefficient (Wildman–Crippen LogP) is 0.270. The van der Waals surface area contributed by atoms with Gasteiger partial charge < -0.3 is 15.1 Å². The van der Waals surface area contributed by atoms with Gasteiger partial charge in [0, 0.05) is 24.3 Å². The summed E-state index contributed by atoms with van der Waals surface area (Å²) in [6.07, 6.45) is 4.52. The molecule has 0 bridgehead atoms. The van der Waals surface area contributed by atoms with Crippen LogP contribution in [-0.2, 0) is 16.6 Å². The second-order valence-electron chi connectivity index (χ2n) is 3.84. The third kappa shape index (κ3) is 2.61. The van der Waals surface area contributed by atoms with Gasteiger partial charge in [0.2, 0.25) is 10.0 Å². The van der Waals surface area contributed by atoms with Crippen LogP contribution in [-0.4, -0.2) is 28.5 Å². The molecule has 0 saturated heterocycles. The minimum Gasteiger partial charge on any atom is -0.390 e. The molecule has 98 valence electrons. The number of sulfonamides is 1. The molecule has 0 fully saturated rings. The number of imidazole rings is 1. The Morgan fingerprint density at radius 2 is 2.28 bits per heavy atom. The first-order chi connectivity index (χ1) is 8.53. The maximum Gasteiger partial charge on any atom is 0.242 e. The molecule has 0 amide bonds. The highest BCUT2D eigenvalue weighted by atomic mass is 32.2. The van der Waals surface area contributed by atoms with Crippen LogP contribution in [0.3, 0.4) is 0 Å². The number of nitrogens with zero attached hydrogens (tertiary/aromatic N) is 1. The van der Waals surface area contributed by atoms with Gasteiger partial charge in [-0.15, -0.1) is 0 Å². The van der Waals surface area contributed by atoms with Crippen LogP contribution in [0, 0.1) is 0 Å². The van der Waals surface area contributed by atoms with Gasteiger partial charge in [-0.1, -0.05) is 0 Å². The second-order valence-corrected chi connectivity index (χ2v) is 5.55. The van der Waals surface area contributed by atoms with E-state index in [2.05, 4.69) is 19.7 Å². The van der Waals surface area contributed by atoms with E-state index in [1.807, 2.05) is 0 Å². The van der Waals surface area contributed by atoms with Crippen molar-refractivity contribution in [2.24, 2.45) is 0 Å². The van der Waals surface area contributed by atoms with Crippen molar-refractivity contribution in [3.8, 4) is 0 Å². The smallest absolute Gasteiger partial charge is 0.242 e. The molecule has 7 nitrogen and oxygen atoms in total. The summed E-state index contributed by atoms with van der Waals surface area (Å²) in [6, 6.07) is 0.925. The lowest BCUT2D eigenvalue weighted by atomic mass is 10.3. The fourth-order valence-electron chi connectivity index (χ4n) is 1.54. The van der Waals surface area contributed by atoms with Crippen LogP contribution in [0.15, 0.2) is 29.6 Å². The molecule has 0 saturated carbocycles. The summed E-state index contributed by atoms with van der Waals surface area (Å²) in [5.41, 5.74) is 0.445. The van der Waals surface area contributed by atoms with E-state index in [1.165, 1.54) is 12.3 Å². The largest absolute Gasteiger partial charge is 0.390 e. The van der Waals surface area contributed by atoms with Crippen LogP contribution in [0.25, 0.3) is 0 Å². The van der Waals surface area contributed by atoms with Gasteiger partial charge in [0.1, 0.15) is 5.82 Å². The van der Waals surface area contributed by atoms with Gasteiger partial charge in [-0.05, 0) is 13.0 Å². The fraction of sp³-hybridized carbons (Fsp3) is 0.300. The average Bonchev–Trinajstić information content (AvgIpc) is 3.00. The number of nitrogens with one attached hydrogen (secondary N) is 3. The van der Waals surface area contributed by atoms with E-state index < -0.39 is 16.1 Å². The van der Waals surface area contributed by atoms with E-state index in [4.69, 9.17) is 5.11 Å². The fourth-order valence-corrected chi connectivity index (χ4v) is 2.76. The van der Waals surface area contributed by atoms with Crippen molar-refractivity contribution < 1.29 is 13.5 Å². The third-order valence-electron chi connectivity index (χ3n) is 2.46. The van der Waals surface area contributed by atoms with E-state index in [1.54, 1.807) is 19.3 Å².